The third kappa shape index (κ3) is 5.14. The lowest BCUT2D eigenvalue weighted by atomic mass is 9.67. The minimum Gasteiger partial charge on any atom is -0.497 e. The number of Topliss-reactive ketones (excluding diaryl/α,β-unsaturated/α-hetero) is 1. The van der Waals surface area contributed by atoms with E-state index in [-0.39, 0.29) is 19.0 Å². The van der Waals surface area contributed by atoms with E-state index in [1.54, 1.807) is 64.3 Å². The maximum atomic E-state index is 14.2. The molecule has 0 saturated carbocycles. The van der Waals surface area contributed by atoms with Gasteiger partial charge < -0.3 is 19.5 Å². The summed E-state index contributed by atoms with van der Waals surface area (Å²) in [7, 11) is 1.58. The lowest BCUT2D eigenvalue weighted by molar-refractivity contribution is -0.152. The summed E-state index contributed by atoms with van der Waals surface area (Å²) in [4.78, 5) is 40.6. The number of ether oxygens (including phenoxy) is 3. The second kappa shape index (κ2) is 11.2. The highest BCUT2D eigenvalue weighted by molar-refractivity contribution is 6.30. The van der Waals surface area contributed by atoms with Crippen LogP contribution >= 0.6 is 11.6 Å². The van der Waals surface area contributed by atoms with Crippen LogP contribution in [-0.4, -0.2) is 38.0 Å². The smallest absolute Gasteiger partial charge is 0.336 e. The summed E-state index contributed by atoms with van der Waals surface area (Å²) in [5.41, 5.74) is 3.52. The van der Waals surface area contributed by atoms with Crippen LogP contribution in [0.4, 0.5) is 0 Å². The molecule has 7 nitrogen and oxygen atoms in total. The van der Waals surface area contributed by atoms with Crippen molar-refractivity contribution in [2.75, 3.05) is 20.3 Å². The zero-order valence-electron chi connectivity index (χ0n) is 21.3. The van der Waals surface area contributed by atoms with Crippen molar-refractivity contribution in [3.8, 4) is 5.75 Å². The molecular formula is C29H30ClNO6. The highest BCUT2D eigenvalue weighted by Gasteiger charge is 2.49. The number of ketones is 1. The van der Waals surface area contributed by atoms with E-state index in [0.29, 0.717) is 45.3 Å². The number of methoxy groups -OCH3 is 1. The second-order valence-corrected chi connectivity index (χ2v) is 9.38. The predicted octanol–water partition coefficient (Wildman–Crippen LogP) is 5.06. The Kier molecular flexibility index (Phi) is 8.03. The molecule has 0 bridgehead atoms. The van der Waals surface area contributed by atoms with Crippen molar-refractivity contribution in [3.63, 3.8) is 0 Å². The molecule has 1 aliphatic heterocycles. The zero-order chi connectivity index (χ0) is 26.7. The highest BCUT2D eigenvalue weighted by atomic mass is 35.5. The molecule has 4 rings (SSSR count). The van der Waals surface area contributed by atoms with E-state index < -0.39 is 29.7 Å². The Labute approximate surface area is 221 Å². The SMILES string of the molecule is CCOC(=O)C1=C(C)NC2=C(C(=O)[C@H](C(=O)OCC)[C@H](c3ccc(OC)cc3)C2)[C@H]1c1ccc(Cl)cc1. The molecule has 0 radical (unpaired) electrons. The molecule has 0 spiro atoms. The molecule has 2 aliphatic rings. The van der Waals surface area contributed by atoms with Crippen LogP contribution in [0.3, 0.4) is 0 Å². The quantitative estimate of drug-likeness (QED) is 0.400. The number of halogens is 1. The first-order chi connectivity index (χ1) is 17.8. The van der Waals surface area contributed by atoms with Crippen molar-refractivity contribution in [2.24, 2.45) is 5.92 Å². The summed E-state index contributed by atoms with van der Waals surface area (Å²) in [6.07, 6.45) is 0.383. The van der Waals surface area contributed by atoms with Gasteiger partial charge in [-0.25, -0.2) is 4.79 Å². The van der Waals surface area contributed by atoms with Gasteiger partial charge in [0, 0.05) is 33.8 Å². The Bertz CT molecular complexity index is 1260. The Morgan fingerprint density at radius 3 is 2.19 bits per heavy atom. The molecule has 2 aromatic rings. The van der Waals surface area contributed by atoms with Crippen LogP contribution in [0.2, 0.25) is 5.02 Å². The molecule has 0 aromatic heterocycles. The van der Waals surface area contributed by atoms with Crippen molar-refractivity contribution in [2.45, 2.75) is 39.0 Å². The third-order valence-electron chi connectivity index (χ3n) is 6.80. The first-order valence-electron chi connectivity index (χ1n) is 12.3. The van der Waals surface area contributed by atoms with Gasteiger partial charge in [0.05, 0.1) is 25.9 Å². The number of benzene rings is 2. The first-order valence-corrected chi connectivity index (χ1v) is 12.7. The fourth-order valence-corrected chi connectivity index (χ4v) is 5.30. The summed E-state index contributed by atoms with van der Waals surface area (Å²) in [5, 5.41) is 3.83. The third-order valence-corrected chi connectivity index (χ3v) is 7.05. The maximum absolute atomic E-state index is 14.2. The van der Waals surface area contributed by atoms with E-state index in [2.05, 4.69) is 5.32 Å². The molecule has 2 aromatic carbocycles. The van der Waals surface area contributed by atoms with Crippen LogP contribution in [0.15, 0.2) is 71.1 Å². The number of hydrogen-bond donors (Lipinski definition) is 1. The van der Waals surface area contributed by atoms with Crippen LogP contribution in [0.5, 0.6) is 5.75 Å². The molecule has 37 heavy (non-hydrogen) atoms. The molecule has 3 atom stereocenters. The summed E-state index contributed by atoms with van der Waals surface area (Å²) in [6, 6.07) is 14.3. The molecule has 0 unspecified atom stereocenters. The van der Waals surface area contributed by atoms with Gasteiger partial charge in [0.1, 0.15) is 11.7 Å². The summed E-state index contributed by atoms with van der Waals surface area (Å²) in [5.74, 6) is -3.03. The summed E-state index contributed by atoms with van der Waals surface area (Å²) in [6.45, 7) is 5.57. The van der Waals surface area contributed by atoms with Crippen molar-refractivity contribution < 1.29 is 28.6 Å². The van der Waals surface area contributed by atoms with E-state index in [4.69, 9.17) is 25.8 Å². The van der Waals surface area contributed by atoms with Gasteiger partial charge >= 0.3 is 11.9 Å². The van der Waals surface area contributed by atoms with Gasteiger partial charge in [0.15, 0.2) is 5.78 Å². The number of allylic oxidation sites excluding steroid dienone is 3. The lowest BCUT2D eigenvalue weighted by Crippen LogP contribution is -2.43. The molecule has 194 valence electrons. The van der Waals surface area contributed by atoms with Crippen molar-refractivity contribution in [1.82, 2.24) is 5.32 Å². The zero-order valence-corrected chi connectivity index (χ0v) is 22.1. The second-order valence-electron chi connectivity index (χ2n) is 8.94. The molecule has 0 fully saturated rings. The fraction of sp³-hybridized carbons (Fsp3) is 0.345. The highest BCUT2D eigenvalue weighted by Crippen LogP contribution is 2.48. The van der Waals surface area contributed by atoms with Crippen molar-refractivity contribution >= 4 is 29.3 Å². The lowest BCUT2D eigenvalue weighted by Gasteiger charge is -2.39. The predicted molar refractivity (Wildman–Crippen MR) is 139 cm³/mol. The first kappa shape index (κ1) is 26.5. The standard InChI is InChI=1S/C29H30ClNO6/c1-5-36-28(33)23-16(3)31-22-15-21(17-9-13-20(35-4)14-10-17)25(29(34)37-6-2)27(32)26(22)24(23)18-7-11-19(30)12-8-18/h7-14,21,24-25,31H,5-6,15H2,1-4H3/t21-,24-,25+/m0/s1. The van der Waals surface area contributed by atoms with Crippen LogP contribution in [0, 0.1) is 5.92 Å². The minimum atomic E-state index is -1.06. The van der Waals surface area contributed by atoms with Crippen LogP contribution in [0.25, 0.3) is 0 Å². The van der Waals surface area contributed by atoms with E-state index in [0.717, 1.165) is 5.56 Å². The maximum Gasteiger partial charge on any atom is 0.336 e. The topological polar surface area (TPSA) is 90.9 Å². The van der Waals surface area contributed by atoms with E-state index in [1.165, 1.54) is 0 Å². The summed E-state index contributed by atoms with van der Waals surface area (Å²) < 4.78 is 16.0. The van der Waals surface area contributed by atoms with Gasteiger partial charge in [0.2, 0.25) is 0 Å². The van der Waals surface area contributed by atoms with Crippen molar-refractivity contribution in [1.29, 1.82) is 0 Å². The minimum absolute atomic E-state index is 0.149. The normalized spacial score (nSPS) is 21.2. The molecule has 1 aliphatic carbocycles. The van der Waals surface area contributed by atoms with Crippen molar-refractivity contribution in [3.05, 3.63) is 87.2 Å². The van der Waals surface area contributed by atoms with Gasteiger partial charge in [-0.3, -0.25) is 9.59 Å². The molecule has 1 N–H and O–H groups in total. The van der Waals surface area contributed by atoms with Crippen LogP contribution < -0.4 is 10.1 Å². The number of nitrogens with one attached hydrogen (secondary N) is 1. The molecule has 1 heterocycles. The average molecular weight is 524 g/mol. The fourth-order valence-electron chi connectivity index (χ4n) is 5.17. The van der Waals surface area contributed by atoms with Gasteiger partial charge in [-0.2, -0.15) is 0 Å². The van der Waals surface area contributed by atoms with Gasteiger partial charge in [-0.15, -0.1) is 0 Å². The Morgan fingerprint density at radius 1 is 0.973 bits per heavy atom. The number of carbonyl (C=O) groups is 3. The number of hydrogen-bond acceptors (Lipinski definition) is 7. The number of rotatable bonds is 7. The molecule has 8 heteroatoms. The Morgan fingerprint density at radius 2 is 1.59 bits per heavy atom. The van der Waals surface area contributed by atoms with E-state index >= 15 is 0 Å². The Hall–Kier alpha value is -3.58. The van der Waals surface area contributed by atoms with E-state index in [1.807, 2.05) is 12.1 Å². The number of carbonyl (C=O) groups excluding carboxylic acids is 3. The molecular weight excluding hydrogens is 494 g/mol. The van der Waals surface area contributed by atoms with E-state index in [9.17, 15) is 14.4 Å². The summed E-state index contributed by atoms with van der Waals surface area (Å²) >= 11 is 6.14. The van der Waals surface area contributed by atoms with Crippen LogP contribution in [0.1, 0.15) is 50.2 Å². The monoisotopic (exact) mass is 523 g/mol. The van der Waals surface area contributed by atoms with Crippen LogP contribution in [-0.2, 0) is 23.9 Å². The molecule has 0 amide bonds. The number of dihydropyridines is 1. The molecule has 0 saturated heterocycles. The largest absolute Gasteiger partial charge is 0.497 e. The average Bonchev–Trinajstić information content (AvgIpc) is 2.88. The van der Waals surface area contributed by atoms with Gasteiger partial charge in [0.25, 0.3) is 0 Å². The van der Waals surface area contributed by atoms with Gasteiger partial charge in [-0.1, -0.05) is 35.9 Å². The van der Waals surface area contributed by atoms with Gasteiger partial charge in [-0.05, 0) is 62.6 Å². The Balaban J connectivity index is 1.87. The number of esters is 2.